The van der Waals surface area contributed by atoms with Crippen molar-refractivity contribution in [2.45, 2.75) is 11.3 Å². The van der Waals surface area contributed by atoms with Crippen molar-refractivity contribution in [2.24, 2.45) is 5.92 Å². The van der Waals surface area contributed by atoms with E-state index in [1.165, 1.54) is 22.3 Å². The molecular formula is C25H19NO. The van der Waals surface area contributed by atoms with E-state index in [2.05, 4.69) is 55.1 Å². The fraction of sp³-hybridized carbons (Fsp3) is 0.160. The molecule has 2 bridgehead atoms. The molecule has 130 valence electrons. The lowest BCUT2D eigenvalue weighted by molar-refractivity contribution is -0.120. The van der Waals surface area contributed by atoms with Gasteiger partial charge in [-0.05, 0) is 34.4 Å². The molecule has 2 nitrogen and oxygen atoms in total. The summed E-state index contributed by atoms with van der Waals surface area (Å²) in [5, 5.41) is 0. The highest BCUT2D eigenvalue weighted by atomic mass is 16.2. The lowest BCUT2D eigenvalue weighted by Crippen LogP contribution is -2.48. The van der Waals surface area contributed by atoms with Gasteiger partial charge in [0.05, 0.1) is 11.3 Å². The zero-order valence-electron chi connectivity index (χ0n) is 14.9. The van der Waals surface area contributed by atoms with Crippen molar-refractivity contribution in [3.05, 3.63) is 113 Å². The summed E-state index contributed by atoms with van der Waals surface area (Å²) in [7, 11) is 0. The topological polar surface area (TPSA) is 20.3 Å². The number of benzene rings is 3. The van der Waals surface area contributed by atoms with Crippen molar-refractivity contribution < 1.29 is 4.79 Å². The quantitative estimate of drug-likeness (QED) is 0.586. The van der Waals surface area contributed by atoms with Gasteiger partial charge in [-0.2, -0.15) is 0 Å². The first kappa shape index (κ1) is 15.0. The molecule has 27 heavy (non-hydrogen) atoms. The summed E-state index contributed by atoms with van der Waals surface area (Å²) >= 11 is 0. The van der Waals surface area contributed by atoms with Crippen LogP contribution in [-0.4, -0.2) is 12.5 Å². The SMILES string of the molecule is C=C1C2c3ccccc3C3(CN(c4ccccc4)C(=O)C13)c1ccccc12. The maximum Gasteiger partial charge on any atom is 0.235 e. The van der Waals surface area contributed by atoms with Gasteiger partial charge in [-0.3, -0.25) is 4.79 Å². The number of hydrogen-bond donors (Lipinski definition) is 0. The highest BCUT2D eigenvalue weighted by molar-refractivity contribution is 6.03. The molecule has 0 N–H and O–H groups in total. The molecule has 4 aliphatic rings. The lowest BCUT2D eigenvalue weighted by Gasteiger charge is -2.51. The minimum atomic E-state index is -0.341. The second-order valence-electron chi connectivity index (χ2n) is 7.85. The third kappa shape index (κ3) is 1.64. The normalized spacial score (nSPS) is 27.3. The summed E-state index contributed by atoms with van der Waals surface area (Å²) in [5.74, 6) is 0.108. The Balaban J connectivity index is 1.67. The molecule has 1 saturated heterocycles. The van der Waals surface area contributed by atoms with Crippen LogP contribution in [0.1, 0.15) is 28.2 Å². The Hall–Kier alpha value is -3.13. The van der Waals surface area contributed by atoms with E-state index in [0.29, 0.717) is 6.54 Å². The highest BCUT2D eigenvalue weighted by Gasteiger charge is 2.63. The maximum atomic E-state index is 13.6. The second-order valence-corrected chi connectivity index (χ2v) is 7.85. The number of rotatable bonds is 1. The Bertz CT molecular complexity index is 1070. The fourth-order valence-corrected chi connectivity index (χ4v) is 5.76. The molecule has 1 amide bonds. The first-order chi connectivity index (χ1) is 13.2. The smallest absolute Gasteiger partial charge is 0.235 e. The number of para-hydroxylation sites is 1. The number of carbonyl (C=O) groups is 1. The molecule has 7 rings (SSSR count). The third-order valence-corrected chi connectivity index (χ3v) is 6.73. The number of carbonyl (C=O) groups excluding carboxylic acids is 1. The van der Waals surface area contributed by atoms with Crippen LogP contribution in [0.3, 0.4) is 0 Å². The van der Waals surface area contributed by atoms with Crippen LogP contribution in [0, 0.1) is 5.92 Å². The molecule has 1 heterocycles. The predicted molar refractivity (Wildman–Crippen MR) is 107 cm³/mol. The van der Waals surface area contributed by atoms with Crippen LogP contribution >= 0.6 is 0 Å². The summed E-state index contributed by atoms with van der Waals surface area (Å²) in [4.78, 5) is 15.6. The third-order valence-electron chi connectivity index (χ3n) is 6.73. The number of anilines is 1. The van der Waals surface area contributed by atoms with Gasteiger partial charge in [0.1, 0.15) is 0 Å². The molecule has 1 fully saturated rings. The molecule has 1 unspecified atom stereocenters. The molecule has 2 heteroatoms. The fourth-order valence-electron chi connectivity index (χ4n) is 5.76. The summed E-state index contributed by atoms with van der Waals surface area (Å²) in [6.45, 7) is 5.13. The molecule has 0 radical (unpaired) electrons. The van der Waals surface area contributed by atoms with E-state index >= 15 is 0 Å². The zero-order valence-corrected chi connectivity index (χ0v) is 14.9. The minimum absolute atomic E-state index is 0.115. The maximum absolute atomic E-state index is 13.6. The molecule has 1 atom stereocenters. The van der Waals surface area contributed by atoms with Crippen LogP contribution in [0.25, 0.3) is 0 Å². The van der Waals surface area contributed by atoms with Crippen molar-refractivity contribution in [1.29, 1.82) is 0 Å². The van der Waals surface area contributed by atoms with Crippen molar-refractivity contribution >= 4 is 11.6 Å². The van der Waals surface area contributed by atoms with Crippen LogP contribution in [0.5, 0.6) is 0 Å². The monoisotopic (exact) mass is 349 g/mol. The van der Waals surface area contributed by atoms with Crippen LogP contribution in [0.15, 0.2) is 91.0 Å². The van der Waals surface area contributed by atoms with Crippen LogP contribution in [0.4, 0.5) is 5.69 Å². The molecule has 0 saturated carbocycles. The number of nitrogens with zero attached hydrogens (tertiary/aromatic N) is 1. The van der Waals surface area contributed by atoms with Gasteiger partial charge < -0.3 is 4.90 Å². The summed E-state index contributed by atoms with van der Waals surface area (Å²) in [5.41, 5.74) is 6.93. The van der Waals surface area contributed by atoms with E-state index in [9.17, 15) is 4.79 Å². The number of hydrogen-bond acceptors (Lipinski definition) is 1. The van der Waals surface area contributed by atoms with Crippen molar-refractivity contribution in [2.75, 3.05) is 11.4 Å². The Kier molecular flexibility index (Phi) is 2.76. The van der Waals surface area contributed by atoms with Crippen LogP contribution in [-0.2, 0) is 10.2 Å². The van der Waals surface area contributed by atoms with Gasteiger partial charge in [0.25, 0.3) is 0 Å². The minimum Gasteiger partial charge on any atom is -0.311 e. The summed E-state index contributed by atoms with van der Waals surface area (Å²) in [6.07, 6.45) is 0. The van der Waals surface area contributed by atoms with E-state index in [4.69, 9.17) is 0 Å². The number of amides is 1. The van der Waals surface area contributed by atoms with E-state index in [1.54, 1.807) is 0 Å². The van der Waals surface area contributed by atoms with Gasteiger partial charge in [0.2, 0.25) is 5.91 Å². The van der Waals surface area contributed by atoms with Gasteiger partial charge >= 0.3 is 0 Å². The van der Waals surface area contributed by atoms with Gasteiger partial charge in [0, 0.05) is 18.2 Å². The largest absolute Gasteiger partial charge is 0.311 e. The molecule has 3 aromatic rings. The summed E-state index contributed by atoms with van der Waals surface area (Å²) in [6, 6.07) is 27.3. The van der Waals surface area contributed by atoms with E-state index < -0.39 is 0 Å². The highest BCUT2D eigenvalue weighted by Crippen LogP contribution is 2.63. The van der Waals surface area contributed by atoms with Crippen LogP contribution < -0.4 is 4.90 Å². The molecule has 1 aliphatic heterocycles. The zero-order chi connectivity index (χ0) is 18.2. The molecule has 1 spiro atoms. The summed E-state index contributed by atoms with van der Waals surface area (Å²) < 4.78 is 0. The van der Waals surface area contributed by atoms with Gasteiger partial charge in [-0.25, -0.2) is 0 Å². The van der Waals surface area contributed by atoms with Crippen molar-refractivity contribution in [3.63, 3.8) is 0 Å². The van der Waals surface area contributed by atoms with Gasteiger partial charge in [-0.15, -0.1) is 0 Å². The predicted octanol–water partition coefficient (Wildman–Crippen LogP) is 4.65. The second kappa shape index (κ2) is 4.98. The molecule has 0 aromatic heterocycles. The van der Waals surface area contributed by atoms with Crippen molar-refractivity contribution in [3.8, 4) is 0 Å². The lowest BCUT2D eigenvalue weighted by atomic mass is 9.50. The van der Waals surface area contributed by atoms with E-state index in [0.717, 1.165) is 11.3 Å². The first-order valence-corrected chi connectivity index (χ1v) is 9.47. The standard InChI is InChI=1S/C25H19NO/c1-16-22-18-11-5-7-13-20(18)25(21-14-8-6-12-19(21)22)15-26(24(27)23(16)25)17-9-3-2-4-10-17/h2-14,22-23H,1,15H2. The molecule has 3 aromatic carbocycles. The van der Waals surface area contributed by atoms with E-state index in [-0.39, 0.29) is 23.2 Å². The molecular weight excluding hydrogens is 330 g/mol. The molecule has 3 aliphatic carbocycles. The Morgan fingerprint density at radius 1 is 0.815 bits per heavy atom. The van der Waals surface area contributed by atoms with Gasteiger partial charge in [-0.1, -0.05) is 78.9 Å². The van der Waals surface area contributed by atoms with Crippen molar-refractivity contribution in [1.82, 2.24) is 0 Å². The van der Waals surface area contributed by atoms with Crippen LogP contribution in [0.2, 0.25) is 0 Å². The first-order valence-electron chi connectivity index (χ1n) is 9.47. The average molecular weight is 349 g/mol. The Morgan fingerprint density at radius 3 is 2.00 bits per heavy atom. The Morgan fingerprint density at radius 2 is 1.37 bits per heavy atom. The average Bonchev–Trinajstić information content (AvgIpc) is 3.04. The Labute approximate surface area is 158 Å². The van der Waals surface area contributed by atoms with Gasteiger partial charge in [0.15, 0.2) is 0 Å². The van der Waals surface area contributed by atoms with E-state index in [1.807, 2.05) is 35.2 Å².